The normalized spacial score (nSPS) is 22.5. The van der Waals surface area contributed by atoms with Crippen molar-refractivity contribution in [3.05, 3.63) is 53.6 Å². The van der Waals surface area contributed by atoms with Crippen LogP contribution in [0.4, 0.5) is 5.69 Å². The Balaban J connectivity index is 1.10. The molecule has 2 aromatic rings. The molecule has 3 fully saturated rings. The molecule has 222 valence electrons. The molecule has 2 aromatic carbocycles. The lowest BCUT2D eigenvalue weighted by Crippen LogP contribution is -2.61. The molecule has 1 spiro atoms. The molecular weight excluding hydrogens is 524 g/mol. The number of esters is 2. The van der Waals surface area contributed by atoms with E-state index in [4.69, 9.17) is 23.7 Å². The van der Waals surface area contributed by atoms with E-state index in [1.807, 2.05) is 45.0 Å². The fourth-order valence-corrected chi connectivity index (χ4v) is 5.95. The average Bonchev–Trinajstić information content (AvgIpc) is 2.94. The molecule has 0 atom stereocenters. The largest absolute Gasteiger partial charge is 0.496 e. The summed E-state index contributed by atoms with van der Waals surface area (Å²) in [5.41, 5.74) is 1.45. The van der Waals surface area contributed by atoms with Crippen molar-refractivity contribution in [2.24, 2.45) is 0 Å². The first kappa shape index (κ1) is 29.2. The van der Waals surface area contributed by atoms with Crippen LogP contribution >= 0.6 is 0 Å². The number of morpholine rings is 1. The molecule has 0 bridgehead atoms. The van der Waals surface area contributed by atoms with Gasteiger partial charge in [0.15, 0.2) is 0 Å². The summed E-state index contributed by atoms with van der Waals surface area (Å²) in [6.07, 6.45) is 4.01. The van der Waals surface area contributed by atoms with Crippen LogP contribution in [-0.2, 0) is 14.2 Å². The highest BCUT2D eigenvalue weighted by atomic mass is 16.6. The Hall–Kier alpha value is -3.30. The number of anilines is 1. The van der Waals surface area contributed by atoms with Crippen molar-refractivity contribution >= 4 is 17.6 Å². The molecule has 5 rings (SSSR count). The van der Waals surface area contributed by atoms with Gasteiger partial charge >= 0.3 is 11.9 Å². The molecule has 2 saturated heterocycles. The number of rotatable bonds is 7. The summed E-state index contributed by atoms with van der Waals surface area (Å²) in [6, 6.07) is 13.4. The zero-order valence-electron chi connectivity index (χ0n) is 24.8. The lowest BCUT2D eigenvalue weighted by molar-refractivity contribution is -0.143. The Morgan fingerprint density at radius 1 is 0.951 bits per heavy atom. The van der Waals surface area contributed by atoms with Gasteiger partial charge in [-0.05, 0) is 70.0 Å². The van der Waals surface area contributed by atoms with Crippen LogP contribution in [0.1, 0.15) is 67.2 Å². The van der Waals surface area contributed by atoms with Crippen molar-refractivity contribution in [2.75, 3.05) is 51.9 Å². The van der Waals surface area contributed by atoms with Crippen LogP contribution in [0, 0.1) is 0 Å². The van der Waals surface area contributed by atoms with Crippen LogP contribution in [0.2, 0.25) is 0 Å². The van der Waals surface area contributed by atoms with E-state index in [0.717, 1.165) is 64.2 Å². The molecule has 2 aliphatic heterocycles. The third-order valence-corrected chi connectivity index (χ3v) is 8.29. The molecule has 0 amide bonds. The highest BCUT2D eigenvalue weighted by Gasteiger charge is 2.44. The molecule has 0 unspecified atom stereocenters. The van der Waals surface area contributed by atoms with Gasteiger partial charge < -0.3 is 28.6 Å². The number of carbonyl (C=O) groups is 2. The van der Waals surface area contributed by atoms with Gasteiger partial charge in [-0.3, -0.25) is 4.90 Å². The number of ether oxygens (including phenoxy) is 5. The van der Waals surface area contributed by atoms with Gasteiger partial charge in [-0.1, -0.05) is 0 Å². The van der Waals surface area contributed by atoms with Crippen LogP contribution in [-0.4, -0.2) is 87.2 Å². The number of hydrogen-bond acceptors (Lipinski definition) is 9. The van der Waals surface area contributed by atoms with Crippen molar-refractivity contribution < 1.29 is 33.3 Å². The minimum absolute atomic E-state index is 0.117. The number of hydrogen-bond donors (Lipinski definition) is 0. The molecule has 1 aliphatic carbocycles. The van der Waals surface area contributed by atoms with Crippen molar-refractivity contribution in [1.82, 2.24) is 4.90 Å². The van der Waals surface area contributed by atoms with E-state index in [1.165, 1.54) is 14.2 Å². The number of benzene rings is 2. The third-order valence-electron chi connectivity index (χ3n) is 8.29. The molecule has 3 aliphatic rings. The van der Waals surface area contributed by atoms with Crippen LogP contribution in [0.25, 0.3) is 0 Å². The van der Waals surface area contributed by atoms with Crippen molar-refractivity contribution in [3.8, 4) is 11.5 Å². The monoisotopic (exact) mass is 566 g/mol. The average molecular weight is 567 g/mol. The molecule has 2 heterocycles. The fourth-order valence-electron chi connectivity index (χ4n) is 5.95. The summed E-state index contributed by atoms with van der Waals surface area (Å²) in [5, 5.41) is 0. The second-order valence-corrected chi connectivity index (χ2v) is 12.3. The van der Waals surface area contributed by atoms with Gasteiger partial charge in [0.05, 0.1) is 32.0 Å². The first-order valence-corrected chi connectivity index (χ1v) is 14.5. The zero-order chi connectivity index (χ0) is 29.2. The first-order valence-electron chi connectivity index (χ1n) is 14.5. The summed E-state index contributed by atoms with van der Waals surface area (Å²) in [6.45, 7) is 10.1. The van der Waals surface area contributed by atoms with E-state index < -0.39 is 11.6 Å². The minimum Gasteiger partial charge on any atom is -0.496 e. The summed E-state index contributed by atoms with van der Waals surface area (Å²) in [4.78, 5) is 29.2. The van der Waals surface area contributed by atoms with Crippen molar-refractivity contribution in [3.63, 3.8) is 0 Å². The fraction of sp³-hybridized carbons (Fsp3) is 0.562. The van der Waals surface area contributed by atoms with E-state index in [0.29, 0.717) is 28.7 Å². The Kier molecular flexibility index (Phi) is 8.47. The molecule has 9 heteroatoms. The third kappa shape index (κ3) is 6.79. The quantitative estimate of drug-likeness (QED) is 0.442. The maximum absolute atomic E-state index is 12.4. The zero-order valence-corrected chi connectivity index (χ0v) is 24.8. The van der Waals surface area contributed by atoms with Crippen LogP contribution in [0.3, 0.4) is 0 Å². The maximum atomic E-state index is 12.4. The van der Waals surface area contributed by atoms with Gasteiger partial charge in [0.1, 0.15) is 28.8 Å². The molecule has 41 heavy (non-hydrogen) atoms. The number of carbonyl (C=O) groups excluding carboxylic acids is 2. The Labute approximate surface area is 242 Å². The molecule has 0 aromatic heterocycles. The standard InChI is InChI=1S/C32H42N2O7/c1-31(2,3)41-29(35)22-6-8-23(9-7-22)33-14-12-32(13-15-33)21-34(16-17-39-32)24-18-26(19-24)40-25-10-11-27(30(36)38-5)28(20-25)37-4/h6-11,20,24,26H,12-19,21H2,1-5H3/t24-,26-. The predicted octanol–water partition coefficient (Wildman–Crippen LogP) is 4.72. The first-order chi connectivity index (χ1) is 19.6. The SMILES string of the molecule is COC(=O)c1ccc(O[C@H]2C[C@H](N3CCOC4(CCN(c5ccc(C(=O)OC(C)(C)C)cc5)CC4)C3)C2)cc1OC. The lowest BCUT2D eigenvalue weighted by atomic mass is 9.83. The van der Waals surface area contributed by atoms with Gasteiger partial charge in [-0.15, -0.1) is 0 Å². The summed E-state index contributed by atoms with van der Waals surface area (Å²) in [7, 11) is 2.89. The van der Waals surface area contributed by atoms with E-state index >= 15 is 0 Å². The maximum Gasteiger partial charge on any atom is 0.341 e. The van der Waals surface area contributed by atoms with E-state index in [1.54, 1.807) is 18.2 Å². The van der Waals surface area contributed by atoms with Gasteiger partial charge in [0, 0.05) is 56.8 Å². The summed E-state index contributed by atoms with van der Waals surface area (Å²) >= 11 is 0. The molecule has 0 N–H and O–H groups in total. The number of piperidine rings is 1. The van der Waals surface area contributed by atoms with E-state index in [-0.39, 0.29) is 17.7 Å². The van der Waals surface area contributed by atoms with Crippen molar-refractivity contribution in [1.29, 1.82) is 0 Å². The number of methoxy groups -OCH3 is 2. The highest BCUT2D eigenvalue weighted by molar-refractivity contribution is 5.92. The highest BCUT2D eigenvalue weighted by Crippen LogP contribution is 2.37. The Morgan fingerprint density at radius 2 is 1.66 bits per heavy atom. The van der Waals surface area contributed by atoms with Crippen LogP contribution in [0.15, 0.2) is 42.5 Å². The van der Waals surface area contributed by atoms with Crippen LogP contribution < -0.4 is 14.4 Å². The minimum atomic E-state index is -0.508. The van der Waals surface area contributed by atoms with E-state index in [9.17, 15) is 9.59 Å². The Bertz CT molecular complexity index is 1230. The molecule has 0 radical (unpaired) electrons. The van der Waals surface area contributed by atoms with Gasteiger partial charge in [0.2, 0.25) is 0 Å². The smallest absolute Gasteiger partial charge is 0.341 e. The second-order valence-electron chi connectivity index (χ2n) is 12.3. The molecule has 9 nitrogen and oxygen atoms in total. The number of nitrogens with zero attached hydrogens (tertiary/aromatic N) is 2. The van der Waals surface area contributed by atoms with E-state index in [2.05, 4.69) is 9.80 Å². The van der Waals surface area contributed by atoms with Gasteiger partial charge in [0.25, 0.3) is 0 Å². The Morgan fingerprint density at radius 3 is 2.29 bits per heavy atom. The summed E-state index contributed by atoms with van der Waals surface area (Å²) < 4.78 is 28.3. The van der Waals surface area contributed by atoms with Gasteiger partial charge in [-0.2, -0.15) is 0 Å². The predicted molar refractivity (Wildman–Crippen MR) is 155 cm³/mol. The lowest BCUT2D eigenvalue weighted by Gasteiger charge is -2.52. The van der Waals surface area contributed by atoms with Crippen LogP contribution in [0.5, 0.6) is 11.5 Å². The van der Waals surface area contributed by atoms with Crippen molar-refractivity contribution in [2.45, 2.75) is 69.8 Å². The summed E-state index contributed by atoms with van der Waals surface area (Å²) in [5.74, 6) is 0.422. The topological polar surface area (TPSA) is 86.8 Å². The molecule has 1 saturated carbocycles. The second kappa shape index (κ2) is 11.9. The van der Waals surface area contributed by atoms with Gasteiger partial charge in [-0.25, -0.2) is 9.59 Å². The molecular formula is C32H42N2O7.